The molecule has 2 aliphatic rings. The number of amides is 2. The number of furan rings is 1. The number of nitrogens with zero attached hydrogens (tertiary/aromatic N) is 4. The molecule has 188 valence electrons. The van der Waals surface area contributed by atoms with E-state index in [0.717, 1.165) is 29.2 Å². The molecule has 36 heavy (non-hydrogen) atoms. The van der Waals surface area contributed by atoms with Crippen molar-refractivity contribution in [3.05, 3.63) is 81.4 Å². The molecule has 1 atom stereocenters. The molecule has 8 nitrogen and oxygen atoms in total. The lowest BCUT2D eigenvalue weighted by atomic mass is 10.0. The summed E-state index contributed by atoms with van der Waals surface area (Å²) in [6, 6.07) is 14.5. The smallest absolute Gasteiger partial charge is 0.290 e. The number of benzene rings is 1. The fourth-order valence-corrected chi connectivity index (χ4v) is 5.25. The van der Waals surface area contributed by atoms with Gasteiger partial charge in [0.1, 0.15) is 6.54 Å². The molecule has 2 amide bonds. The van der Waals surface area contributed by atoms with Crippen LogP contribution in [0, 0.1) is 0 Å². The summed E-state index contributed by atoms with van der Waals surface area (Å²) >= 11 is 7.70. The highest BCUT2D eigenvalue weighted by atomic mass is 35.5. The first-order valence-electron chi connectivity index (χ1n) is 11.9. The van der Waals surface area contributed by atoms with E-state index >= 15 is 0 Å². The molecular formula is C26H27ClN4O4S. The zero-order valence-corrected chi connectivity index (χ0v) is 21.3. The third-order valence-electron chi connectivity index (χ3n) is 6.36. The predicted octanol–water partition coefficient (Wildman–Crippen LogP) is 4.15. The molecular weight excluding hydrogens is 500 g/mol. The minimum absolute atomic E-state index is 0.102. The molecule has 0 radical (unpaired) electrons. The normalized spacial score (nSPS) is 18.3. The van der Waals surface area contributed by atoms with Crippen LogP contribution in [0.25, 0.3) is 0 Å². The topological polar surface area (TPSA) is 78.6 Å². The summed E-state index contributed by atoms with van der Waals surface area (Å²) in [6.45, 7) is 3.88. The van der Waals surface area contributed by atoms with Gasteiger partial charge in [0.05, 0.1) is 36.1 Å². The van der Waals surface area contributed by atoms with Gasteiger partial charge in [-0.15, -0.1) is 11.3 Å². The average molecular weight is 527 g/mol. The van der Waals surface area contributed by atoms with Gasteiger partial charge >= 0.3 is 0 Å². The highest BCUT2D eigenvalue weighted by Crippen LogP contribution is 2.34. The molecule has 5 rings (SSSR count). The Morgan fingerprint density at radius 1 is 1.11 bits per heavy atom. The Morgan fingerprint density at radius 2 is 1.92 bits per heavy atom. The van der Waals surface area contributed by atoms with Crippen LogP contribution in [0.4, 0.5) is 0 Å². The van der Waals surface area contributed by atoms with Gasteiger partial charge in [0, 0.05) is 37.6 Å². The number of hydrogen-bond acceptors (Lipinski definition) is 7. The van der Waals surface area contributed by atoms with Crippen LogP contribution in [0.3, 0.4) is 0 Å². The number of hydrogen-bond donors (Lipinski definition) is 0. The molecule has 0 bridgehead atoms. The van der Waals surface area contributed by atoms with E-state index in [1.165, 1.54) is 11.3 Å². The number of carbonyl (C=O) groups is 2. The number of halogens is 1. The van der Waals surface area contributed by atoms with Crippen LogP contribution in [0.15, 0.2) is 69.7 Å². The first-order chi connectivity index (χ1) is 17.6. The van der Waals surface area contributed by atoms with Gasteiger partial charge in [-0.2, -0.15) is 5.10 Å². The summed E-state index contributed by atoms with van der Waals surface area (Å²) in [5.74, 6) is -0.349. The zero-order chi connectivity index (χ0) is 24.9. The van der Waals surface area contributed by atoms with Gasteiger partial charge in [0.2, 0.25) is 0 Å². The zero-order valence-electron chi connectivity index (χ0n) is 19.7. The molecule has 0 N–H and O–H groups in total. The summed E-state index contributed by atoms with van der Waals surface area (Å²) < 4.78 is 10.8. The van der Waals surface area contributed by atoms with Crippen molar-refractivity contribution in [1.82, 2.24) is 14.8 Å². The van der Waals surface area contributed by atoms with Crippen LogP contribution in [0.5, 0.6) is 0 Å². The molecule has 1 aromatic carbocycles. The molecule has 0 spiro atoms. The SMILES string of the molecule is O=C(c1ccco1)N(CCN1CCOCC1)CC(=O)N1N=C(c2cccs2)CC1c1ccc(Cl)cc1. The fourth-order valence-electron chi connectivity index (χ4n) is 4.41. The lowest BCUT2D eigenvalue weighted by Crippen LogP contribution is -2.46. The van der Waals surface area contributed by atoms with Crippen LogP contribution in [-0.4, -0.2) is 78.3 Å². The number of morpholine rings is 1. The molecule has 1 unspecified atom stereocenters. The van der Waals surface area contributed by atoms with Gasteiger partial charge in [-0.1, -0.05) is 29.8 Å². The highest BCUT2D eigenvalue weighted by Gasteiger charge is 2.35. The Morgan fingerprint density at radius 3 is 2.61 bits per heavy atom. The number of rotatable bonds is 8. The van der Waals surface area contributed by atoms with Gasteiger partial charge in [-0.3, -0.25) is 14.5 Å². The van der Waals surface area contributed by atoms with Crippen LogP contribution in [-0.2, 0) is 9.53 Å². The van der Waals surface area contributed by atoms with Gasteiger partial charge in [-0.25, -0.2) is 5.01 Å². The minimum atomic E-state index is -0.314. The third kappa shape index (κ3) is 5.70. The minimum Gasteiger partial charge on any atom is -0.459 e. The number of ether oxygens (including phenoxy) is 1. The van der Waals surface area contributed by atoms with E-state index in [9.17, 15) is 9.59 Å². The van der Waals surface area contributed by atoms with Crippen molar-refractivity contribution in [2.75, 3.05) is 45.9 Å². The van der Waals surface area contributed by atoms with Crippen molar-refractivity contribution in [2.45, 2.75) is 12.5 Å². The second-order valence-corrected chi connectivity index (χ2v) is 10.1. The third-order valence-corrected chi connectivity index (χ3v) is 7.53. The quantitative estimate of drug-likeness (QED) is 0.440. The Balaban J connectivity index is 1.37. The van der Waals surface area contributed by atoms with E-state index in [1.54, 1.807) is 28.4 Å². The summed E-state index contributed by atoms with van der Waals surface area (Å²) in [7, 11) is 0. The van der Waals surface area contributed by atoms with Crippen molar-refractivity contribution >= 4 is 40.5 Å². The Labute approximate surface area is 218 Å². The molecule has 4 heterocycles. The second kappa shape index (κ2) is 11.4. The molecule has 2 aliphatic heterocycles. The standard InChI is InChI=1S/C26H27ClN4O4S/c27-20-7-5-19(6-8-20)22-17-21(24-4-2-16-36-24)28-31(22)25(32)18-30(26(33)23-3-1-13-35-23)10-9-29-11-14-34-15-12-29/h1-8,13,16,22H,9-12,14-15,17-18H2. The number of thiophene rings is 1. The van der Waals surface area contributed by atoms with E-state index in [2.05, 4.69) is 4.90 Å². The van der Waals surface area contributed by atoms with E-state index in [-0.39, 0.29) is 30.2 Å². The second-order valence-electron chi connectivity index (χ2n) is 8.69. The van der Waals surface area contributed by atoms with Crippen molar-refractivity contribution in [2.24, 2.45) is 5.10 Å². The van der Waals surface area contributed by atoms with Crippen molar-refractivity contribution < 1.29 is 18.7 Å². The van der Waals surface area contributed by atoms with Crippen LogP contribution < -0.4 is 0 Å². The van der Waals surface area contributed by atoms with E-state index in [4.69, 9.17) is 25.9 Å². The monoisotopic (exact) mass is 526 g/mol. The summed E-state index contributed by atoms with van der Waals surface area (Å²) in [5.41, 5.74) is 1.80. The van der Waals surface area contributed by atoms with Gasteiger partial charge in [-0.05, 0) is 41.3 Å². The summed E-state index contributed by atoms with van der Waals surface area (Å²) in [4.78, 5) is 31.7. The van der Waals surface area contributed by atoms with Crippen molar-refractivity contribution in [1.29, 1.82) is 0 Å². The molecule has 3 aromatic rings. The predicted molar refractivity (Wildman–Crippen MR) is 138 cm³/mol. The highest BCUT2D eigenvalue weighted by molar-refractivity contribution is 7.12. The number of hydrazone groups is 1. The van der Waals surface area contributed by atoms with Crippen molar-refractivity contribution in [3.63, 3.8) is 0 Å². The maximum absolute atomic E-state index is 13.7. The molecule has 1 fully saturated rings. The maximum Gasteiger partial charge on any atom is 0.290 e. The molecule has 0 aliphatic carbocycles. The van der Waals surface area contributed by atoms with Crippen molar-refractivity contribution in [3.8, 4) is 0 Å². The van der Waals surface area contributed by atoms with Crippen LogP contribution in [0.1, 0.15) is 33.5 Å². The lowest BCUT2D eigenvalue weighted by Gasteiger charge is -2.30. The summed E-state index contributed by atoms with van der Waals surface area (Å²) in [6.07, 6.45) is 2.05. The molecule has 10 heteroatoms. The van der Waals surface area contributed by atoms with E-state index < -0.39 is 0 Å². The van der Waals surface area contributed by atoms with Crippen LogP contribution >= 0.6 is 22.9 Å². The van der Waals surface area contributed by atoms with Gasteiger partial charge in [0.25, 0.3) is 11.8 Å². The average Bonchev–Trinajstić information content (AvgIpc) is 3.69. The maximum atomic E-state index is 13.7. The Hall–Kier alpha value is -2.98. The van der Waals surface area contributed by atoms with Gasteiger partial charge in [0.15, 0.2) is 5.76 Å². The van der Waals surface area contributed by atoms with E-state index in [0.29, 0.717) is 37.7 Å². The van der Waals surface area contributed by atoms with E-state index in [1.807, 2.05) is 41.8 Å². The Bertz CT molecular complexity index is 1190. The first-order valence-corrected chi connectivity index (χ1v) is 13.2. The lowest BCUT2D eigenvalue weighted by molar-refractivity contribution is -0.133. The summed E-state index contributed by atoms with van der Waals surface area (Å²) in [5, 5.41) is 8.88. The molecule has 1 saturated heterocycles. The molecule has 0 saturated carbocycles. The van der Waals surface area contributed by atoms with Gasteiger partial charge < -0.3 is 14.1 Å². The molecule has 2 aromatic heterocycles. The Kier molecular flexibility index (Phi) is 7.81. The fraction of sp³-hybridized carbons (Fsp3) is 0.346. The van der Waals surface area contributed by atoms with Crippen LogP contribution in [0.2, 0.25) is 5.02 Å². The first kappa shape index (κ1) is 24.7. The largest absolute Gasteiger partial charge is 0.459 e. The number of carbonyl (C=O) groups excluding carboxylic acids is 2.